The summed E-state index contributed by atoms with van der Waals surface area (Å²) in [6, 6.07) is 2.23. The van der Waals surface area contributed by atoms with Crippen LogP contribution in [0.15, 0.2) is 35.3 Å². The molecule has 6 nitrogen and oxygen atoms in total. The van der Waals surface area contributed by atoms with Gasteiger partial charge in [-0.15, -0.1) is 0 Å². The smallest absolute Gasteiger partial charge is 0.341 e. The van der Waals surface area contributed by atoms with Crippen LogP contribution in [-0.2, 0) is 0 Å². The summed E-state index contributed by atoms with van der Waals surface area (Å²) >= 11 is 0. The third-order valence-corrected chi connectivity index (χ3v) is 6.94. The van der Waals surface area contributed by atoms with Crippen LogP contribution >= 0.6 is 0 Å². The van der Waals surface area contributed by atoms with Gasteiger partial charge in [0.25, 0.3) is 0 Å². The molecule has 0 bridgehead atoms. The Hall–Kier alpha value is -2.74. The zero-order valence-electron chi connectivity index (χ0n) is 16.5. The Kier molecular flexibility index (Phi) is 4.25. The molecule has 3 aliphatic rings. The number of halogens is 2. The first-order valence-electron chi connectivity index (χ1n) is 10.2. The maximum Gasteiger partial charge on any atom is 0.341 e. The van der Waals surface area contributed by atoms with E-state index in [0.29, 0.717) is 30.6 Å². The number of carboxylic acid groups (broad SMARTS) is 1. The Labute approximate surface area is 171 Å². The van der Waals surface area contributed by atoms with Crippen LogP contribution < -0.4 is 16.1 Å². The first kappa shape index (κ1) is 19.2. The van der Waals surface area contributed by atoms with Gasteiger partial charge in [-0.3, -0.25) is 4.79 Å². The van der Waals surface area contributed by atoms with Gasteiger partial charge in [0.2, 0.25) is 5.43 Å². The summed E-state index contributed by atoms with van der Waals surface area (Å²) in [7, 11) is 0. The zero-order chi connectivity index (χ0) is 21.3. The molecule has 8 heteroatoms. The maximum absolute atomic E-state index is 15.8. The number of nitrogens with two attached hydrogens (primary N) is 1. The van der Waals surface area contributed by atoms with Crippen molar-refractivity contribution < 1.29 is 18.7 Å². The molecule has 0 radical (unpaired) electrons. The lowest BCUT2D eigenvalue weighted by Crippen LogP contribution is -2.38. The number of rotatable bonds is 3. The third kappa shape index (κ3) is 2.77. The molecule has 1 saturated carbocycles. The first-order valence-corrected chi connectivity index (χ1v) is 10.2. The number of alkyl halides is 1. The predicted octanol–water partition coefficient (Wildman–Crippen LogP) is 2.71. The number of aromatic nitrogens is 1. The maximum atomic E-state index is 15.8. The molecule has 2 heterocycles. The van der Waals surface area contributed by atoms with Crippen molar-refractivity contribution in [2.75, 3.05) is 18.0 Å². The highest BCUT2D eigenvalue weighted by molar-refractivity contribution is 5.94. The van der Waals surface area contributed by atoms with E-state index in [2.05, 4.69) is 13.0 Å². The Balaban J connectivity index is 1.64. The summed E-state index contributed by atoms with van der Waals surface area (Å²) < 4.78 is 30.9. The molecule has 2 aromatic rings. The molecule has 4 unspecified atom stereocenters. The number of carboxylic acids is 1. The van der Waals surface area contributed by atoms with Gasteiger partial charge < -0.3 is 20.3 Å². The van der Waals surface area contributed by atoms with Gasteiger partial charge in [-0.1, -0.05) is 19.1 Å². The molecular formula is C22H23F2N3O3. The lowest BCUT2D eigenvalue weighted by molar-refractivity contribution is 0.0694. The number of fused-ring (bicyclic) bond motifs is 2. The van der Waals surface area contributed by atoms with Gasteiger partial charge in [-0.05, 0) is 24.0 Å². The SMILES string of the molecule is CC1C=CC(N)C2CN(c3ccc4c(=O)c(C(=O)O)cn([C@@H]5C[C@@H]5F)c4c3F)CC12. The van der Waals surface area contributed by atoms with Crippen molar-refractivity contribution in [2.24, 2.45) is 23.5 Å². The fourth-order valence-electron chi connectivity index (χ4n) is 5.10. The monoisotopic (exact) mass is 415 g/mol. The lowest BCUT2D eigenvalue weighted by atomic mass is 9.77. The van der Waals surface area contributed by atoms with E-state index in [0.717, 1.165) is 6.20 Å². The molecule has 158 valence electrons. The van der Waals surface area contributed by atoms with Crippen molar-refractivity contribution in [2.45, 2.75) is 31.6 Å². The van der Waals surface area contributed by atoms with E-state index >= 15 is 4.39 Å². The molecule has 1 aromatic carbocycles. The fraction of sp³-hybridized carbons (Fsp3) is 0.455. The van der Waals surface area contributed by atoms with E-state index in [9.17, 15) is 19.1 Å². The summed E-state index contributed by atoms with van der Waals surface area (Å²) in [6.45, 7) is 3.36. The van der Waals surface area contributed by atoms with Gasteiger partial charge in [-0.25, -0.2) is 13.6 Å². The predicted molar refractivity (Wildman–Crippen MR) is 109 cm³/mol. The van der Waals surface area contributed by atoms with Crippen LogP contribution in [0.5, 0.6) is 0 Å². The molecular weight excluding hydrogens is 392 g/mol. The van der Waals surface area contributed by atoms with E-state index in [4.69, 9.17) is 5.73 Å². The first-order chi connectivity index (χ1) is 14.3. The number of anilines is 1. The van der Waals surface area contributed by atoms with E-state index in [1.807, 2.05) is 11.0 Å². The van der Waals surface area contributed by atoms with Crippen LogP contribution in [0.3, 0.4) is 0 Å². The van der Waals surface area contributed by atoms with Crippen LogP contribution in [0.25, 0.3) is 10.9 Å². The Morgan fingerprint density at radius 1 is 1.23 bits per heavy atom. The summed E-state index contributed by atoms with van der Waals surface area (Å²) in [5.74, 6) is -1.19. The van der Waals surface area contributed by atoms with Crippen LogP contribution in [0.2, 0.25) is 0 Å². The second-order valence-electron chi connectivity index (χ2n) is 8.75. The topological polar surface area (TPSA) is 88.6 Å². The molecule has 1 aromatic heterocycles. The molecule has 30 heavy (non-hydrogen) atoms. The van der Waals surface area contributed by atoms with Gasteiger partial charge in [0.05, 0.1) is 17.2 Å². The fourth-order valence-corrected chi connectivity index (χ4v) is 5.10. The molecule has 2 fully saturated rings. The van der Waals surface area contributed by atoms with Gasteiger partial charge in [0.15, 0.2) is 5.82 Å². The average Bonchev–Trinajstić information content (AvgIpc) is 3.24. The van der Waals surface area contributed by atoms with Crippen LogP contribution in [-0.4, -0.2) is 40.9 Å². The van der Waals surface area contributed by atoms with Gasteiger partial charge >= 0.3 is 5.97 Å². The number of benzene rings is 1. The van der Waals surface area contributed by atoms with Crippen molar-refractivity contribution in [1.29, 1.82) is 0 Å². The number of allylic oxidation sites excluding steroid dienone is 1. The number of aromatic carboxylic acids is 1. The summed E-state index contributed by atoms with van der Waals surface area (Å²) in [4.78, 5) is 26.0. The quantitative estimate of drug-likeness (QED) is 0.753. The minimum atomic E-state index is -1.41. The number of hydrogen-bond donors (Lipinski definition) is 2. The van der Waals surface area contributed by atoms with E-state index in [-0.39, 0.29) is 29.3 Å². The summed E-state index contributed by atoms with van der Waals surface area (Å²) in [6.07, 6.45) is 4.18. The number of nitrogens with zero attached hydrogens (tertiary/aromatic N) is 2. The largest absolute Gasteiger partial charge is 0.477 e. The highest BCUT2D eigenvalue weighted by Crippen LogP contribution is 2.43. The zero-order valence-corrected chi connectivity index (χ0v) is 16.5. The molecule has 0 amide bonds. The number of pyridine rings is 1. The lowest BCUT2D eigenvalue weighted by Gasteiger charge is -2.30. The van der Waals surface area contributed by atoms with Crippen LogP contribution in [0, 0.1) is 23.6 Å². The standard InChI is InChI=1S/C22H23F2N3O3/c1-10-2-4-16(25)13-8-26(7-12(10)13)17-5-3-11-20(19(17)24)27(18-6-15(18)23)9-14(21(11)28)22(29)30/h2-5,9-10,12-13,15-16,18H,6-8,25H2,1H3,(H,29,30)/t10?,12?,13?,15-,16?,18+/m0/s1. The Morgan fingerprint density at radius 2 is 1.93 bits per heavy atom. The van der Waals surface area contributed by atoms with Gasteiger partial charge in [0.1, 0.15) is 11.7 Å². The van der Waals surface area contributed by atoms with Gasteiger partial charge in [-0.2, -0.15) is 0 Å². The summed E-state index contributed by atoms with van der Waals surface area (Å²) in [5.41, 5.74) is 5.32. The Morgan fingerprint density at radius 3 is 2.57 bits per heavy atom. The number of hydrogen-bond acceptors (Lipinski definition) is 4. The van der Waals surface area contributed by atoms with Crippen molar-refractivity contribution >= 4 is 22.6 Å². The second kappa shape index (κ2) is 6.63. The van der Waals surface area contributed by atoms with Crippen molar-refractivity contribution in [1.82, 2.24) is 4.57 Å². The molecule has 2 aliphatic carbocycles. The third-order valence-electron chi connectivity index (χ3n) is 6.94. The average molecular weight is 415 g/mol. The minimum absolute atomic E-state index is 0.0296. The van der Waals surface area contributed by atoms with E-state index in [1.54, 1.807) is 0 Å². The number of carbonyl (C=O) groups is 1. The van der Waals surface area contributed by atoms with Crippen molar-refractivity contribution in [3.63, 3.8) is 0 Å². The molecule has 1 aliphatic heterocycles. The van der Waals surface area contributed by atoms with Crippen LogP contribution in [0.1, 0.15) is 29.7 Å². The van der Waals surface area contributed by atoms with E-state index in [1.165, 1.54) is 16.7 Å². The molecule has 6 atom stereocenters. The minimum Gasteiger partial charge on any atom is -0.477 e. The summed E-state index contributed by atoms with van der Waals surface area (Å²) in [5, 5.41) is 9.31. The molecule has 1 saturated heterocycles. The van der Waals surface area contributed by atoms with Crippen molar-refractivity contribution in [3.05, 3.63) is 52.1 Å². The molecule has 5 rings (SSSR count). The van der Waals surface area contributed by atoms with Gasteiger partial charge in [0, 0.05) is 43.1 Å². The molecule has 0 spiro atoms. The van der Waals surface area contributed by atoms with Crippen LogP contribution in [0.4, 0.5) is 14.5 Å². The normalized spacial score (nSPS) is 32.5. The Bertz CT molecular complexity index is 1120. The van der Waals surface area contributed by atoms with Crippen molar-refractivity contribution in [3.8, 4) is 0 Å². The van der Waals surface area contributed by atoms with E-state index < -0.39 is 35.0 Å². The highest BCUT2D eigenvalue weighted by atomic mass is 19.1. The molecule has 3 N–H and O–H groups in total. The second-order valence-corrected chi connectivity index (χ2v) is 8.75. The highest BCUT2D eigenvalue weighted by Gasteiger charge is 2.43.